The van der Waals surface area contributed by atoms with Crippen LogP contribution in [0.5, 0.6) is 0 Å². The van der Waals surface area contributed by atoms with Gasteiger partial charge in [-0.15, -0.1) is 0 Å². The first-order chi connectivity index (χ1) is 5.56. The van der Waals surface area contributed by atoms with E-state index >= 15 is 0 Å². The predicted octanol–water partition coefficient (Wildman–Crippen LogP) is -1.23. The molecule has 0 rings (SSSR count). The zero-order valence-corrected chi connectivity index (χ0v) is 8.28. The fraction of sp³-hybridized carbons (Fsp3) is 1.00. The number of hydrogen-bond acceptors (Lipinski definition) is 4. The van der Waals surface area contributed by atoms with Gasteiger partial charge in [0.1, 0.15) is 0 Å². The maximum atomic E-state index is 10.6. The third-order valence-corrected chi connectivity index (χ3v) is 1.88. The van der Waals surface area contributed by atoms with Crippen LogP contribution < -0.4 is 10.0 Å². The summed E-state index contributed by atoms with van der Waals surface area (Å²) in [6.07, 6.45) is 1.14. The van der Waals surface area contributed by atoms with Crippen molar-refractivity contribution in [2.75, 3.05) is 39.6 Å². The Balaban J connectivity index is 3.12. The maximum absolute atomic E-state index is 10.6. The molecule has 0 spiro atoms. The van der Waals surface area contributed by atoms with E-state index in [0.717, 1.165) is 12.8 Å². The molecule has 0 heterocycles. The minimum atomic E-state index is -3.04. The van der Waals surface area contributed by atoms with E-state index in [9.17, 15) is 8.42 Å². The molecule has 0 saturated heterocycles. The highest BCUT2D eigenvalue weighted by atomic mass is 32.2. The summed E-state index contributed by atoms with van der Waals surface area (Å²) in [5.41, 5.74) is 0. The van der Waals surface area contributed by atoms with Gasteiger partial charge in [0.2, 0.25) is 10.0 Å². The fourth-order valence-corrected chi connectivity index (χ4v) is 1.10. The molecule has 6 heteroatoms. The van der Waals surface area contributed by atoms with Gasteiger partial charge >= 0.3 is 0 Å². The number of ether oxygens (including phenoxy) is 1. The van der Waals surface area contributed by atoms with E-state index in [0.29, 0.717) is 19.7 Å². The summed E-state index contributed by atoms with van der Waals surface area (Å²) in [5.74, 6) is 0. The van der Waals surface area contributed by atoms with Crippen LogP contribution in [0.3, 0.4) is 0 Å². The molecular formula is C6H16N2O3S. The second kappa shape index (κ2) is 6.36. The zero-order chi connectivity index (χ0) is 9.45. The van der Waals surface area contributed by atoms with E-state index in [-0.39, 0.29) is 0 Å². The number of rotatable bonds is 7. The quantitative estimate of drug-likeness (QED) is 0.500. The lowest BCUT2D eigenvalue weighted by Gasteiger charge is -2.03. The molecule has 0 aromatic heterocycles. The second-order valence-corrected chi connectivity index (χ2v) is 4.24. The largest absolute Gasteiger partial charge is 0.383 e. The maximum Gasteiger partial charge on any atom is 0.208 e. The number of sulfonamides is 1. The van der Waals surface area contributed by atoms with Crippen LogP contribution in [0.25, 0.3) is 0 Å². The molecule has 0 bridgehead atoms. The van der Waals surface area contributed by atoms with Crippen LogP contribution in [-0.4, -0.2) is 48.0 Å². The van der Waals surface area contributed by atoms with Crippen LogP contribution in [0.15, 0.2) is 0 Å². The van der Waals surface area contributed by atoms with Crippen molar-refractivity contribution in [1.82, 2.24) is 10.0 Å². The molecule has 0 radical (unpaired) electrons. The second-order valence-electron chi connectivity index (χ2n) is 2.41. The van der Waals surface area contributed by atoms with Crippen LogP contribution in [0.2, 0.25) is 0 Å². The van der Waals surface area contributed by atoms with Gasteiger partial charge in [-0.2, -0.15) is 0 Å². The SMILES string of the molecule is COCCNCCNS(C)(=O)=O. The molecule has 0 aliphatic rings. The molecule has 0 aliphatic heterocycles. The minimum Gasteiger partial charge on any atom is -0.383 e. The Morgan fingerprint density at radius 3 is 2.42 bits per heavy atom. The van der Waals surface area contributed by atoms with E-state index in [1.54, 1.807) is 7.11 Å². The molecule has 2 N–H and O–H groups in total. The summed E-state index contributed by atoms with van der Waals surface area (Å²) in [7, 11) is -1.42. The van der Waals surface area contributed by atoms with Gasteiger partial charge in [-0.25, -0.2) is 13.1 Å². The molecule has 0 aromatic rings. The summed E-state index contributed by atoms with van der Waals surface area (Å²) >= 11 is 0. The average molecular weight is 196 g/mol. The monoisotopic (exact) mass is 196 g/mol. The van der Waals surface area contributed by atoms with Crippen molar-refractivity contribution in [2.24, 2.45) is 0 Å². The van der Waals surface area contributed by atoms with E-state index in [2.05, 4.69) is 10.0 Å². The highest BCUT2D eigenvalue weighted by Crippen LogP contribution is 1.71. The van der Waals surface area contributed by atoms with Crippen LogP contribution in [0.4, 0.5) is 0 Å². The van der Waals surface area contributed by atoms with Crippen LogP contribution in [-0.2, 0) is 14.8 Å². The van der Waals surface area contributed by atoms with Gasteiger partial charge in [-0.3, -0.25) is 0 Å². The fourth-order valence-electron chi connectivity index (χ4n) is 0.624. The van der Waals surface area contributed by atoms with Crippen LogP contribution in [0.1, 0.15) is 0 Å². The summed E-state index contributed by atoms with van der Waals surface area (Å²) in [4.78, 5) is 0. The number of hydrogen-bond donors (Lipinski definition) is 2. The average Bonchev–Trinajstić information content (AvgIpc) is 1.94. The van der Waals surface area contributed by atoms with E-state index < -0.39 is 10.0 Å². The summed E-state index contributed by atoms with van der Waals surface area (Å²) in [6.45, 7) is 2.42. The Bertz CT molecular complexity index is 191. The Morgan fingerprint density at radius 2 is 1.92 bits per heavy atom. The van der Waals surface area contributed by atoms with Gasteiger partial charge in [-0.05, 0) is 0 Å². The molecule has 12 heavy (non-hydrogen) atoms. The van der Waals surface area contributed by atoms with Crippen LogP contribution in [0, 0.1) is 0 Å². The summed E-state index contributed by atoms with van der Waals surface area (Å²) in [6, 6.07) is 0. The van der Waals surface area contributed by atoms with Crippen molar-refractivity contribution in [3.8, 4) is 0 Å². The first-order valence-corrected chi connectivity index (χ1v) is 5.59. The van der Waals surface area contributed by atoms with Crippen molar-refractivity contribution >= 4 is 10.0 Å². The molecule has 0 unspecified atom stereocenters. The third-order valence-electron chi connectivity index (χ3n) is 1.15. The molecule has 0 fully saturated rings. The van der Waals surface area contributed by atoms with E-state index in [4.69, 9.17) is 4.74 Å². The summed E-state index contributed by atoms with van der Waals surface area (Å²) < 4.78 is 28.3. The minimum absolute atomic E-state index is 0.419. The third kappa shape index (κ3) is 9.83. The van der Waals surface area contributed by atoms with Gasteiger partial charge in [0, 0.05) is 26.7 Å². The van der Waals surface area contributed by atoms with Gasteiger partial charge in [0.25, 0.3) is 0 Å². The molecule has 0 aromatic carbocycles. The first kappa shape index (κ1) is 11.8. The Morgan fingerprint density at radius 1 is 1.25 bits per heavy atom. The molecule has 0 amide bonds. The number of nitrogens with one attached hydrogen (secondary N) is 2. The van der Waals surface area contributed by atoms with Crippen molar-refractivity contribution < 1.29 is 13.2 Å². The highest BCUT2D eigenvalue weighted by molar-refractivity contribution is 7.88. The predicted molar refractivity (Wildman–Crippen MR) is 47.6 cm³/mol. The van der Waals surface area contributed by atoms with Gasteiger partial charge in [0.05, 0.1) is 12.9 Å². The standard InChI is InChI=1S/C6H16N2O3S/c1-11-6-5-7-3-4-8-12(2,9)10/h7-8H,3-6H2,1-2H3. The smallest absolute Gasteiger partial charge is 0.208 e. The van der Waals surface area contributed by atoms with Crippen molar-refractivity contribution in [3.63, 3.8) is 0 Å². The van der Waals surface area contributed by atoms with Crippen molar-refractivity contribution in [3.05, 3.63) is 0 Å². The first-order valence-electron chi connectivity index (χ1n) is 3.70. The Labute approximate surface area is 73.5 Å². The van der Waals surface area contributed by atoms with Gasteiger partial charge in [-0.1, -0.05) is 0 Å². The molecule has 74 valence electrons. The number of methoxy groups -OCH3 is 1. The Hall–Kier alpha value is -0.170. The van der Waals surface area contributed by atoms with Crippen LogP contribution >= 0.6 is 0 Å². The lowest BCUT2D eigenvalue weighted by atomic mass is 10.6. The highest BCUT2D eigenvalue weighted by Gasteiger charge is 1.97. The summed E-state index contributed by atoms with van der Waals surface area (Å²) in [5, 5.41) is 3.01. The van der Waals surface area contributed by atoms with Crippen molar-refractivity contribution in [2.45, 2.75) is 0 Å². The molecule has 5 nitrogen and oxygen atoms in total. The molecule has 0 saturated carbocycles. The van der Waals surface area contributed by atoms with E-state index in [1.807, 2.05) is 0 Å². The lowest BCUT2D eigenvalue weighted by molar-refractivity contribution is 0.199. The molecule has 0 aliphatic carbocycles. The molecular weight excluding hydrogens is 180 g/mol. The topological polar surface area (TPSA) is 67.4 Å². The zero-order valence-electron chi connectivity index (χ0n) is 7.46. The molecule has 0 atom stereocenters. The lowest BCUT2D eigenvalue weighted by Crippen LogP contribution is -2.32. The van der Waals surface area contributed by atoms with E-state index in [1.165, 1.54) is 0 Å². The normalized spacial score (nSPS) is 11.8. The Kier molecular flexibility index (Phi) is 6.27. The van der Waals surface area contributed by atoms with Gasteiger partial charge in [0.15, 0.2) is 0 Å². The van der Waals surface area contributed by atoms with Crippen molar-refractivity contribution in [1.29, 1.82) is 0 Å². The van der Waals surface area contributed by atoms with Gasteiger partial charge < -0.3 is 10.1 Å².